The zero-order chi connectivity index (χ0) is 17.2. The van der Waals surface area contributed by atoms with Gasteiger partial charge in [-0.2, -0.15) is 4.31 Å². The van der Waals surface area contributed by atoms with Crippen molar-refractivity contribution >= 4 is 15.7 Å². The smallest absolute Gasteiger partial charge is 0.277 e. The average molecular weight is 348 g/mol. The molecule has 0 atom stereocenters. The number of benzene rings is 2. The first-order chi connectivity index (χ1) is 11.5. The highest BCUT2D eigenvalue weighted by Crippen LogP contribution is 2.30. The molecule has 0 spiro atoms. The Kier molecular flexibility index (Phi) is 4.61. The summed E-state index contributed by atoms with van der Waals surface area (Å²) in [5, 5.41) is 11.1. The Hall–Kier alpha value is -2.29. The highest BCUT2D eigenvalue weighted by atomic mass is 32.2. The van der Waals surface area contributed by atoms with E-state index in [1.807, 2.05) is 0 Å². The molecule has 0 N–H and O–H groups in total. The van der Waals surface area contributed by atoms with Gasteiger partial charge in [-0.15, -0.1) is 0 Å². The number of nitro groups is 1. The lowest BCUT2D eigenvalue weighted by molar-refractivity contribution is -0.384. The van der Waals surface area contributed by atoms with Crippen LogP contribution in [0, 0.1) is 10.1 Å². The van der Waals surface area contributed by atoms with E-state index in [0.29, 0.717) is 37.4 Å². The van der Waals surface area contributed by atoms with Crippen LogP contribution in [-0.2, 0) is 14.8 Å². The van der Waals surface area contributed by atoms with Crippen molar-refractivity contribution in [3.63, 3.8) is 0 Å². The molecule has 1 saturated heterocycles. The van der Waals surface area contributed by atoms with E-state index in [-0.39, 0.29) is 10.6 Å². The molecule has 0 amide bonds. The summed E-state index contributed by atoms with van der Waals surface area (Å²) >= 11 is 0. The molecule has 0 radical (unpaired) electrons. The molecular weight excluding hydrogens is 332 g/mol. The summed E-state index contributed by atoms with van der Waals surface area (Å²) in [5.74, 6) is 0. The van der Waals surface area contributed by atoms with Gasteiger partial charge in [0, 0.05) is 19.2 Å². The van der Waals surface area contributed by atoms with Gasteiger partial charge in [0.2, 0.25) is 10.0 Å². The first-order valence-electron chi connectivity index (χ1n) is 7.42. The first-order valence-corrected chi connectivity index (χ1v) is 8.86. The third kappa shape index (κ3) is 3.16. The number of rotatable bonds is 4. The maximum Gasteiger partial charge on any atom is 0.277 e. The topological polar surface area (TPSA) is 89.8 Å². The lowest BCUT2D eigenvalue weighted by atomic mass is 10.0. The van der Waals surface area contributed by atoms with E-state index in [1.54, 1.807) is 30.3 Å². The predicted octanol–water partition coefficient (Wildman–Crippen LogP) is 2.28. The van der Waals surface area contributed by atoms with Gasteiger partial charge in [0.1, 0.15) is 0 Å². The standard InChI is InChI=1S/C16H16N2O5S/c19-18(20)16-4-2-1-3-15(16)13-5-7-14(8-6-13)24(21,22)17-9-11-23-12-10-17/h1-8H,9-12H2. The van der Waals surface area contributed by atoms with Gasteiger partial charge < -0.3 is 4.74 Å². The van der Waals surface area contributed by atoms with Crippen molar-refractivity contribution in [1.82, 2.24) is 4.31 Å². The number of morpholine rings is 1. The molecule has 0 bridgehead atoms. The molecule has 2 aromatic carbocycles. The third-order valence-corrected chi connectivity index (χ3v) is 5.79. The minimum Gasteiger partial charge on any atom is -0.379 e. The lowest BCUT2D eigenvalue weighted by Crippen LogP contribution is -2.40. The molecule has 0 aliphatic carbocycles. The molecule has 2 aromatic rings. The summed E-state index contributed by atoms with van der Waals surface area (Å²) in [6.07, 6.45) is 0. The van der Waals surface area contributed by atoms with Crippen molar-refractivity contribution in [2.45, 2.75) is 4.90 Å². The maximum atomic E-state index is 12.6. The van der Waals surface area contributed by atoms with Crippen LogP contribution in [0.15, 0.2) is 53.4 Å². The Morgan fingerprint density at radius 1 is 1.00 bits per heavy atom. The van der Waals surface area contributed by atoms with E-state index in [2.05, 4.69) is 0 Å². The molecular formula is C16H16N2O5S. The summed E-state index contributed by atoms with van der Waals surface area (Å²) in [6.45, 7) is 1.42. The zero-order valence-corrected chi connectivity index (χ0v) is 13.6. The number of sulfonamides is 1. The van der Waals surface area contributed by atoms with Gasteiger partial charge in [0.05, 0.1) is 28.6 Å². The van der Waals surface area contributed by atoms with E-state index in [1.165, 1.54) is 22.5 Å². The second-order valence-electron chi connectivity index (χ2n) is 5.32. The Labute approximate surface area is 139 Å². The second kappa shape index (κ2) is 6.68. The van der Waals surface area contributed by atoms with Gasteiger partial charge in [-0.25, -0.2) is 8.42 Å². The van der Waals surface area contributed by atoms with E-state index in [9.17, 15) is 18.5 Å². The molecule has 7 nitrogen and oxygen atoms in total. The minimum absolute atomic E-state index is 0.0127. The predicted molar refractivity (Wildman–Crippen MR) is 88.1 cm³/mol. The van der Waals surface area contributed by atoms with E-state index >= 15 is 0 Å². The normalized spacial score (nSPS) is 16.0. The number of nitro benzene ring substituents is 1. The minimum atomic E-state index is -3.57. The van der Waals surface area contributed by atoms with Crippen LogP contribution in [0.25, 0.3) is 11.1 Å². The average Bonchev–Trinajstić information content (AvgIpc) is 2.62. The number of ether oxygens (including phenoxy) is 1. The molecule has 8 heteroatoms. The molecule has 0 saturated carbocycles. The van der Waals surface area contributed by atoms with Gasteiger partial charge in [-0.05, 0) is 23.8 Å². The van der Waals surface area contributed by atoms with Crippen molar-refractivity contribution in [2.75, 3.05) is 26.3 Å². The van der Waals surface area contributed by atoms with Crippen LogP contribution in [0.2, 0.25) is 0 Å². The number of hydrogen-bond donors (Lipinski definition) is 0. The number of para-hydroxylation sites is 1. The van der Waals surface area contributed by atoms with Crippen LogP contribution < -0.4 is 0 Å². The van der Waals surface area contributed by atoms with Gasteiger partial charge in [-0.3, -0.25) is 10.1 Å². The van der Waals surface area contributed by atoms with Gasteiger partial charge in [-0.1, -0.05) is 24.3 Å². The summed E-state index contributed by atoms with van der Waals surface area (Å²) in [5.41, 5.74) is 1.04. The summed E-state index contributed by atoms with van der Waals surface area (Å²) in [4.78, 5) is 10.8. The Bertz CT molecular complexity index is 843. The van der Waals surface area contributed by atoms with Crippen molar-refractivity contribution in [1.29, 1.82) is 0 Å². The SMILES string of the molecule is O=[N+]([O-])c1ccccc1-c1ccc(S(=O)(=O)N2CCOCC2)cc1. The van der Waals surface area contributed by atoms with E-state index in [4.69, 9.17) is 4.74 Å². The lowest BCUT2D eigenvalue weighted by Gasteiger charge is -2.26. The van der Waals surface area contributed by atoms with Crippen molar-refractivity contribution in [3.05, 3.63) is 58.6 Å². The Morgan fingerprint density at radius 2 is 1.62 bits per heavy atom. The first kappa shape index (κ1) is 16.6. The quantitative estimate of drug-likeness (QED) is 0.624. The Morgan fingerprint density at radius 3 is 2.25 bits per heavy atom. The monoisotopic (exact) mass is 348 g/mol. The van der Waals surface area contributed by atoms with Crippen LogP contribution in [0.5, 0.6) is 0 Å². The zero-order valence-electron chi connectivity index (χ0n) is 12.8. The molecule has 0 unspecified atom stereocenters. The Balaban J connectivity index is 1.93. The summed E-state index contributed by atoms with van der Waals surface area (Å²) < 4.78 is 31.7. The molecule has 0 aromatic heterocycles. The molecule has 1 aliphatic rings. The molecule has 1 heterocycles. The number of nitrogens with zero attached hydrogens (tertiary/aromatic N) is 2. The number of hydrogen-bond acceptors (Lipinski definition) is 5. The van der Waals surface area contributed by atoms with E-state index < -0.39 is 14.9 Å². The fraction of sp³-hybridized carbons (Fsp3) is 0.250. The molecule has 3 rings (SSSR count). The maximum absolute atomic E-state index is 12.6. The van der Waals surface area contributed by atoms with E-state index in [0.717, 1.165) is 0 Å². The van der Waals surface area contributed by atoms with Gasteiger partial charge in [0.15, 0.2) is 0 Å². The molecule has 126 valence electrons. The fourth-order valence-corrected chi connectivity index (χ4v) is 4.03. The second-order valence-corrected chi connectivity index (χ2v) is 7.25. The largest absolute Gasteiger partial charge is 0.379 e. The molecule has 1 fully saturated rings. The van der Waals surface area contributed by atoms with Crippen molar-refractivity contribution < 1.29 is 18.1 Å². The van der Waals surface area contributed by atoms with Gasteiger partial charge in [0.25, 0.3) is 5.69 Å². The van der Waals surface area contributed by atoms with Crippen LogP contribution in [0.3, 0.4) is 0 Å². The fourth-order valence-electron chi connectivity index (χ4n) is 2.62. The van der Waals surface area contributed by atoms with Crippen LogP contribution in [0.4, 0.5) is 5.69 Å². The molecule has 1 aliphatic heterocycles. The summed E-state index contributed by atoms with van der Waals surface area (Å²) in [6, 6.07) is 12.5. The van der Waals surface area contributed by atoms with Crippen molar-refractivity contribution in [3.8, 4) is 11.1 Å². The van der Waals surface area contributed by atoms with Crippen LogP contribution >= 0.6 is 0 Å². The van der Waals surface area contributed by atoms with Crippen LogP contribution in [-0.4, -0.2) is 43.9 Å². The van der Waals surface area contributed by atoms with Crippen molar-refractivity contribution in [2.24, 2.45) is 0 Å². The van der Waals surface area contributed by atoms with Gasteiger partial charge >= 0.3 is 0 Å². The summed E-state index contributed by atoms with van der Waals surface area (Å²) in [7, 11) is -3.57. The van der Waals surface area contributed by atoms with Crippen LogP contribution in [0.1, 0.15) is 0 Å². The molecule has 24 heavy (non-hydrogen) atoms. The third-order valence-electron chi connectivity index (χ3n) is 3.87. The highest BCUT2D eigenvalue weighted by molar-refractivity contribution is 7.89. The highest BCUT2D eigenvalue weighted by Gasteiger charge is 2.26.